The van der Waals surface area contributed by atoms with Gasteiger partial charge in [-0.2, -0.15) is 0 Å². The lowest BCUT2D eigenvalue weighted by atomic mass is 10.2. The summed E-state index contributed by atoms with van der Waals surface area (Å²) >= 11 is 4.85. The molecule has 0 bridgehead atoms. The van der Waals surface area contributed by atoms with E-state index in [9.17, 15) is 4.39 Å². The van der Waals surface area contributed by atoms with Gasteiger partial charge in [0.1, 0.15) is 5.82 Å². The second-order valence-electron chi connectivity index (χ2n) is 4.68. The van der Waals surface area contributed by atoms with Crippen molar-refractivity contribution in [2.45, 2.75) is 17.1 Å². The molecule has 2 aromatic carbocycles. The van der Waals surface area contributed by atoms with E-state index < -0.39 is 0 Å². The number of thioether (sulfide) groups is 1. The number of fused-ring (bicyclic) bond motifs is 1. The molecule has 1 heterocycles. The fourth-order valence-electron chi connectivity index (χ4n) is 2.03. The van der Waals surface area contributed by atoms with Crippen molar-refractivity contribution >= 4 is 27.7 Å². The van der Waals surface area contributed by atoms with Crippen molar-refractivity contribution in [3.8, 4) is 11.5 Å². The zero-order valence-corrected chi connectivity index (χ0v) is 13.7. The van der Waals surface area contributed by atoms with Gasteiger partial charge < -0.3 is 9.47 Å². The predicted octanol–water partition coefficient (Wildman–Crippen LogP) is 5.04. The van der Waals surface area contributed by atoms with Crippen LogP contribution in [0.1, 0.15) is 12.0 Å². The Morgan fingerprint density at radius 1 is 1.05 bits per heavy atom. The Labute approximate surface area is 135 Å². The molecule has 1 aliphatic rings. The lowest BCUT2D eigenvalue weighted by Gasteiger charge is -2.09. The monoisotopic (exact) mass is 368 g/mol. The van der Waals surface area contributed by atoms with E-state index >= 15 is 0 Å². The van der Waals surface area contributed by atoms with Crippen LogP contribution in [0.15, 0.2) is 45.8 Å². The highest BCUT2D eigenvalue weighted by Gasteiger charge is 2.11. The predicted molar refractivity (Wildman–Crippen MR) is 85.7 cm³/mol. The number of hydrogen-bond acceptors (Lipinski definition) is 3. The van der Waals surface area contributed by atoms with E-state index in [1.54, 1.807) is 17.8 Å². The highest BCUT2D eigenvalue weighted by Crippen LogP contribution is 2.35. The largest absolute Gasteiger partial charge is 0.490 e. The minimum absolute atomic E-state index is 0.189. The molecule has 110 valence electrons. The van der Waals surface area contributed by atoms with Gasteiger partial charge in [-0.3, -0.25) is 0 Å². The minimum atomic E-state index is -0.189. The molecule has 3 rings (SSSR count). The third kappa shape index (κ3) is 3.71. The van der Waals surface area contributed by atoms with E-state index in [4.69, 9.17) is 9.47 Å². The number of ether oxygens (including phenoxy) is 2. The first-order valence-corrected chi connectivity index (χ1v) is 8.46. The summed E-state index contributed by atoms with van der Waals surface area (Å²) in [6, 6.07) is 11.0. The summed E-state index contributed by atoms with van der Waals surface area (Å²) < 4.78 is 25.8. The maximum atomic E-state index is 13.8. The van der Waals surface area contributed by atoms with Gasteiger partial charge >= 0.3 is 0 Å². The lowest BCUT2D eigenvalue weighted by molar-refractivity contribution is 0.297. The van der Waals surface area contributed by atoms with E-state index in [1.165, 1.54) is 6.07 Å². The molecule has 0 spiro atoms. The number of halogens is 2. The van der Waals surface area contributed by atoms with Gasteiger partial charge in [0.25, 0.3) is 0 Å². The first-order valence-electron chi connectivity index (χ1n) is 6.69. The molecule has 2 aromatic rings. The average Bonchev–Trinajstić information content (AvgIpc) is 2.71. The molecular weight excluding hydrogens is 355 g/mol. The molecule has 21 heavy (non-hydrogen) atoms. The molecule has 0 aromatic heterocycles. The highest BCUT2D eigenvalue weighted by molar-refractivity contribution is 9.10. The van der Waals surface area contributed by atoms with E-state index in [-0.39, 0.29) is 5.82 Å². The second kappa shape index (κ2) is 6.71. The molecule has 0 saturated carbocycles. The quantitative estimate of drug-likeness (QED) is 0.706. The van der Waals surface area contributed by atoms with E-state index in [0.29, 0.717) is 24.5 Å². The molecule has 0 saturated heterocycles. The Kier molecular flexibility index (Phi) is 4.70. The lowest BCUT2D eigenvalue weighted by Crippen LogP contribution is -1.97. The Morgan fingerprint density at radius 3 is 2.67 bits per heavy atom. The molecule has 0 radical (unpaired) electrons. The fourth-order valence-corrected chi connectivity index (χ4v) is 3.28. The standard InChI is InChI=1S/C16H14BrFO2S/c17-12-3-2-11(14(18)8-12)10-21-13-4-5-15-16(9-13)20-7-1-6-19-15/h2-5,8-9H,1,6-7,10H2. The van der Waals surface area contributed by atoms with Gasteiger partial charge in [0.05, 0.1) is 13.2 Å². The van der Waals surface area contributed by atoms with Crippen LogP contribution in [0.25, 0.3) is 0 Å². The van der Waals surface area contributed by atoms with Gasteiger partial charge in [-0.25, -0.2) is 4.39 Å². The highest BCUT2D eigenvalue weighted by atomic mass is 79.9. The zero-order chi connectivity index (χ0) is 14.7. The first-order chi connectivity index (χ1) is 10.2. The molecule has 5 heteroatoms. The maximum Gasteiger partial charge on any atom is 0.162 e. The number of hydrogen-bond donors (Lipinski definition) is 0. The maximum absolute atomic E-state index is 13.8. The van der Waals surface area contributed by atoms with Crippen LogP contribution in [-0.4, -0.2) is 13.2 Å². The Bertz CT molecular complexity index is 648. The van der Waals surface area contributed by atoms with Crippen molar-refractivity contribution < 1.29 is 13.9 Å². The Balaban J connectivity index is 1.72. The molecule has 2 nitrogen and oxygen atoms in total. The molecule has 0 unspecified atom stereocenters. The van der Waals surface area contributed by atoms with Gasteiger partial charge in [-0.05, 0) is 35.9 Å². The van der Waals surface area contributed by atoms with Gasteiger partial charge in [0, 0.05) is 21.5 Å². The van der Waals surface area contributed by atoms with Gasteiger partial charge in [0.15, 0.2) is 11.5 Å². The van der Waals surface area contributed by atoms with Crippen molar-refractivity contribution in [1.29, 1.82) is 0 Å². The van der Waals surface area contributed by atoms with Crippen LogP contribution in [0.4, 0.5) is 4.39 Å². The fraction of sp³-hybridized carbons (Fsp3) is 0.250. The van der Waals surface area contributed by atoms with Crippen LogP contribution in [0.2, 0.25) is 0 Å². The van der Waals surface area contributed by atoms with Crippen molar-refractivity contribution in [1.82, 2.24) is 0 Å². The van der Waals surface area contributed by atoms with Crippen LogP contribution in [0.3, 0.4) is 0 Å². The smallest absolute Gasteiger partial charge is 0.162 e. The van der Waals surface area contributed by atoms with Gasteiger partial charge in [-0.1, -0.05) is 22.0 Å². The summed E-state index contributed by atoms with van der Waals surface area (Å²) in [4.78, 5) is 1.04. The summed E-state index contributed by atoms with van der Waals surface area (Å²) in [7, 11) is 0. The van der Waals surface area contributed by atoms with E-state index in [0.717, 1.165) is 27.3 Å². The number of rotatable bonds is 3. The third-order valence-corrected chi connectivity index (χ3v) is 4.66. The van der Waals surface area contributed by atoms with Crippen LogP contribution in [0, 0.1) is 5.82 Å². The Hall–Kier alpha value is -1.20. The second-order valence-corrected chi connectivity index (χ2v) is 6.65. The van der Waals surface area contributed by atoms with Crippen LogP contribution in [-0.2, 0) is 5.75 Å². The third-order valence-electron chi connectivity index (χ3n) is 3.13. The summed E-state index contributed by atoms with van der Waals surface area (Å²) in [5.74, 6) is 1.95. The zero-order valence-electron chi connectivity index (χ0n) is 11.3. The van der Waals surface area contributed by atoms with Crippen molar-refractivity contribution in [2.75, 3.05) is 13.2 Å². The summed E-state index contributed by atoms with van der Waals surface area (Å²) in [6.45, 7) is 1.35. The summed E-state index contributed by atoms with van der Waals surface area (Å²) in [5.41, 5.74) is 0.690. The van der Waals surface area contributed by atoms with Crippen LogP contribution in [0.5, 0.6) is 11.5 Å². The number of benzene rings is 2. The van der Waals surface area contributed by atoms with Crippen molar-refractivity contribution in [2.24, 2.45) is 0 Å². The Morgan fingerprint density at radius 2 is 1.86 bits per heavy atom. The minimum Gasteiger partial charge on any atom is -0.490 e. The van der Waals surface area contributed by atoms with Crippen molar-refractivity contribution in [3.63, 3.8) is 0 Å². The average molecular weight is 369 g/mol. The molecular formula is C16H14BrFO2S. The normalized spacial score (nSPS) is 13.8. The topological polar surface area (TPSA) is 18.5 Å². The van der Waals surface area contributed by atoms with Crippen LogP contribution < -0.4 is 9.47 Å². The summed E-state index contributed by atoms with van der Waals surface area (Å²) in [6.07, 6.45) is 0.890. The van der Waals surface area contributed by atoms with E-state index in [2.05, 4.69) is 15.9 Å². The molecule has 0 atom stereocenters. The van der Waals surface area contributed by atoms with Crippen molar-refractivity contribution in [3.05, 3.63) is 52.3 Å². The van der Waals surface area contributed by atoms with E-state index in [1.807, 2.05) is 24.3 Å². The molecule has 0 aliphatic carbocycles. The molecule has 0 amide bonds. The molecule has 0 N–H and O–H groups in total. The molecule has 0 fully saturated rings. The SMILES string of the molecule is Fc1cc(Br)ccc1CSc1ccc2c(c1)OCCCO2. The molecule has 1 aliphatic heterocycles. The van der Waals surface area contributed by atoms with Gasteiger partial charge in [-0.15, -0.1) is 11.8 Å². The van der Waals surface area contributed by atoms with Crippen LogP contribution >= 0.6 is 27.7 Å². The first kappa shape index (κ1) is 14.7. The van der Waals surface area contributed by atoms with Gasteiger partial charge in [0.2, 0.25) is 0 Å². The summed E-state index contributed by atoms with van der Waals surface area (Å²) in [5, 5.41) is 0.